The Morgan fingerprint density at radius 1 is 1.17 bits per heavy atom. The number of phenolic OH excluding ortho intramolecular Hbond substituents is 1. The lowest BCUT2D eigenvalue weighted by molar-refractivity contribution is -0.146. The Morgan fingerprint density at radius 2 is 1.83 bits per heavy atom. The first kappa shape index (κ1) is 21.9. The Morgan fingerprint density at radius 3 is 2.43 bits per heavy atom. The standard InChI is InChI=1S/C24H31NO5/c1-15-18(16-8-10-17(26)11-9-16)6-5-7-19(15)20-12-13-25(14-21(20)22(27)28)23(29)30-24(2,3)4/h5-11,15,19-21,26H,12-14H2,1-4H3,(H,27,28)/t15?,19?,20-,21+/m1/s1. The molecule has 1 saturated heterocycles. The number of hydrogen-bond acceptors (Lipinski definition) is 4. The highest BCUT2D eigenvalue weighted by molar-refractivity contribution is 5.75. The third kappa shape index (κ3) is 4.86. The molecule has 1 amide bonds. The number of rotatable bonds is 3. The third-order valence-corrected chi connectivity index (χ3v) is 6.01. The molecule has 4 atom stereocenters. The van der Waals surface area contributed by atoms with Crippen LogP contribution in [0.5, 0.6) is 5.75 Å². The Kier molecular flexibility index (Phi) is 6.25. The zero-order valence-corrected chi connectivity index (χ0v) is 18.0. The summed E-state index contributed by atoms with van der Waals surface area (Å²) in [5, 5.41) is 19.5. The van der Waals surface area contributed by atoms with Crippen LogP contribution in [0.2, 0.25) is 0 Å². The number of benzene rings is 1. The van der Waals surface area contributed by atoms with Crippen molar-refractivity contribution in [2.24, 2.45) is 23.7 Å². The maximum atomic E-state index is 12.5. The van der Waals surface area contributed by atoms with Crippen LogP contribution in [0.1, 0.15) is 39.7 Å². The molecule has 1 aliphatic heterocycles. The van der Waals surface area contributed by atoms with Gasteiger partial charge in [-0.1, -0.05) is 37.3 Å². The number of aliphatic carboxylic acids is 1. The topological polar surface area (TPSA) is 87.1 Å². The number of piperidine rings is 1. The van der Waals surface area contributed by atoms with Crippen molar-refractivity contribution in [1.82, 2.24) is 4.90 Å². The number of carboxylic acids is 1. The summed E-state index contributed by atoms with van der Waals surface area (Å²) < 4.78 is 5.44. The van der Waals surface area contributed by atoms with E-state index < -0.39 is 23.6 Å². The number of nitrogens with zero attached hydrogens (tertiary/aromatic N) is 1. The highest BCUT2D eigenvalue weighted by Gasteiger charge is 2.42. The van der Waals surface area contributed by atoms with Gasteiger partial charge < -0.3 is 19.8 Å². The van der Waals surface area contributed by atoms with E-state index in [9.17, 15) is 19.8 Å². The van der Waals surface area contributed by atoms with Crippen molar-refractivity contribution in [3.8, 4) is 5.75 Å². The van der Waals surface area contributed by atoms with Crippen molar-refractivity contribution in [1.29, 1.82) is 0 Å². The summed E-state index contributed by atoms with van der Waals surface area (Å²) in [5.41, 5.74) is 1.53. The highest BCUT2D eigenvalue weighted by atomic mass is 16.6. The third-order valence-electron chi connectivity index (χ3n) is 6.01. The molecule has 1 aliphatic carbocycles. The van der Waals surface area contributed by atoms with Crippen LogP contribution in [0.4, 0.5) is 4.79 Å². The van der Waals surface area contributed by atoms with E-state index in [1.54, 1.807) is 32.9 Å². The number of aromatic hydroxyl groups is 1. The number of carboxylic acid groups (broad SMARTS) is 1. The summed E-state index contributed by atoms with van der Waals surface area (Å²) in [5.74, 6) is -1.21. The second-order valence-corrected chi connectivity index (χ2v) is 9.24. The van der Waals surface area contributed by atoms with Crippen LogP contribution in [-0.2, 0) is 9.53 Å². The molecule has 1 aromatic carbocycles. The van der Waals surface area contributed by atoms with Crippen molar-refractivity contribution in [3.05, 3.63) is 48.1 Å². The quantitative estimate of drug-likeness (QED) is 0.759. The van der Waals surface area contributed by atoms with Crippen LogP contribution < -0.4 is 0 Å². The fourth-order valence-electron chi connectivity index (χ4n) is 4.52. The summed E-state index contributed by atoms with van der Waals surface area (Å²) in [7, 11) is 0. The number of carbonyl (C=O) groups excluding carboxylic acids is 1. The van der Waals surface area contributed by atoms with E-state index in [0.717, 1.165) is 11.1 Å². The zero-order chi connectivity index (χ0) is 22.1. The molecule has 6 nitrogen and oxygen atoms in total. The van der Waals surface area contributed by atoms with E-state index in [1.165, 1.54) is 4.90 Å². The second kappa shape index (κ2) is 8.54. The minimum absolute atomic E-state index is 0.0562. The summed E-state index contributed by atoms with van der Waals surface area (Å²) in [6.45, 7) is 8.17. The molecule has 0 spiro atoms. The Bertz CT molecular complexity index is 849. The van der Waals surface area contributed by atoms with Crippen molar-refractivity contribution >= 4 is 17.6 Å². The zero-order valence-electron chi connectivity index (χ0n) is 18.0. The minimum Gasteiger partial charge on any atom is -0.508 e. The van der Waals surface area contributed by atoms with Crippen LogP contribution in [0.25, 0.3) is 5.57 Å². The van der Waals surface area contributed by atoms with Crippen LogP contribution in [0, 0.1) is 23.7 Å². The van der Waals surface area contributed by atoms with Gasteiger partial charge in [0, 0.05) is 13.1 Å². The molecule has 1 heterocycles. The molecule has 30 heavy (non-hydrogen) atoms. The number of phenols is 1. The summed E-state index contributed by atoms with van der Waals surface area (Å²) in [6.07, 6.45) is 6.30. The Balaban J connectivity index is 1.77. The molecular formula is C24H31NO5. The molecule has 2 aliphatic rings. The van der Waals surface area contributed by atoms with Crippen LogP contribution in [0.3, 0.4) is 0 Å². The van der Waals surface area contributed by atoms with E-state index in [0.29, 0.717) is 13.0 Å². The number of allylic oxidation sites excluding steroid dienone is 4. The monoisotopic (exact) mass is 413 g/mol. The molecule has 0 saturated carbocycles. The molecule has 1 aromatic rings. The van der Waals surface area contributed by atoms with Crippen LogP contribution in [-0.4, -0.2) is 45.9 Å². The van der Waals surface area contributed by atoms with Crippen molar-refractivity contribution in [2.75, 3.05) is 13.1 Å². The normalized spacial score (nSPS) is 26.8. The average molecular weight is 414 g/mol. The maximum absolute atomic E-state index is 12.5. The minimum atomic E-state index is -0.880. The molecule has 0 bridgehead atoms. The van der Waals surface area contributed by atoms with Gasteiger partial charge in [-0.15, -0.1) is 0 Å². The van der Waals surface area contributed by atoms with E-state index in [-0.39, 0.29) is 30.0 Å². The molecule has 2 unspecified atom stereocenters. The van der Waals surface area contributed by atoms with Gasteiger partial charge in [0.05, 0.1) is 5.92 Å². The molecular weight excluding hydrogens is 382 g/mol. The first-order valence-electron chi connectivity index (χ1n) is 10.5. The van der Waals surface area contributed by atoms with Crippen LogP contribution in [0.15, 0.2) is 42.5 Å². The van der Waals surface area contributed by atoms with Gasteiger partial charge in [0.25, 0.3) is 0 Å². The van der Waals surface area contributed by atoms with Gasteiger partial charge in [-0.25, -0.2) is 4.79 Å². The fourth-order valence-corrected chi connectivity index (χ4v) is 4.52. The summed E-state index contributed by atoms with van der Waals surface area (Å²) in [6, 6.07) is 7.09. The SMILES string of the molecule is CC1C(c2ccc(O)cc2)=CC=CC1[C@H]1CCN(C(=O)OC(C)(C)C)C[C@@H]1C(=O)O. The van der Waals surface area contributed by atoms with Gasteiger partial charge in [0.1, 0.15) is 11.4 Å². The maximum Gasteiger partial charge on any atom is 0.410 e. The molecule has 1 fully saturated rings. The van der Waals surface area contributed by atoms with Crippen molar-refractivity contribution in [3.63, 3.8) is 0 Å². The Labute approximate surface area is 177 Å². The largest absolute Gasteiger partial charge is 0.508 e. The van der Waals surface area contributed by atoms with E-state index in [4.69, 9.17) is 4.74 Å². The van der Waals surface area contributed by atoms with Gasteiger partial charge >= 0.3 is 12.1 Å². The summed E-state index contributed by atoms with van der Waals surface area (Å²) in [4.78, 5) is 26.1. The van der Waals surface area contributed by atoms with Gasteiger partial charge in [-0.05, 0) is 68.2 Å². The number of hydrogen-bond donors (Lipinski definition) is 2. The number of likely N-dealkylation sites (tertiary alicyclic amines) is 1. The van der Waals surface area contributed by atoms with E-state index in [2.05, 4.69) is 19.1 Å². The molecule has 2 N–H and O–H groups in total. The van der Waals surface area contributed by atoms with Crippen molar-refractivity contribution < 1.29 is 24.5 Å². The molecule has 0 aromatic heterocycles. The van der Waals surface area contributed by atoms with Gasteiger partial charge in [0.2, 0.25) is 0 Å². The summed E-state index contributed by atoms with van der Waals surface area (Å²) >= 11 is 0. The van der Waals surface area contributed by atoms with Crippen LogP contribution >= 0.6 is 0 Å². The van der Waals surface area contributed by atoms with Gasteiger partial charge in [-0.2, -0.15) is 0 Å². The highest BCUT2D eigenvalue weighted by Crippen LogP contribution is 2.42. The molecule has 6 heteroatoms. The average Bonchev–Trinajstić information content (AvgIpc) is 2.67. The van der Waals surface area contributed by atoms with Crippen molar-refractivity contribution in [2.45, 2.75) is 39.7 Å². The number of ether oxygens (including phenoxy) is 1. The first-order chi connectivity index (χ1) is 14.1. The van der Waals surface area contributed by atoms with Gasteiger partial charge in [-0.3, -0.25) is 4.79 Å². The second-order valence-electron chi connectivity index (χ2n) is 9.24. The lowest BCUT2D eigenvalue weighted by atomic mass is 9.67. The molecule has 0 radical (unpaired) electrons. The molecule has 162 valence electrons. The van der Waals surface area contributed by atoms with E-state index in [1.807, 2.05) is 18.2 Å². The lowest BCUT2D eigenvalue weighted by Gasteiger charge is -2.42. The number of carbonyl (C=O) groups is 2. The lowest BCUT2D eigenvalue weighted by Crippen LogP contribution is -2.50. The Hall–Kier alpha value is -2.76. The predicted octanol–water partition coefficient (Wildman–Crippen LogP) is 4.56. The first-order valence-corrected chi connectivity index (χ1v) is 10.5. The smallest absolute Gasteiger partial charge is 0.410 e. The predicted molar refractivity (Wildman–Crippen MR) is 115 cm³/mol. The van der Waals surface area contributed by atoms with Gasteiger partial charge in [0.15, 0.2) is 0 Å². The molecule has 3 rings (SSSR count). The van der Waals surface area contributed by atoms with E-state index >= 15 is 0 Å². The number of amides is 1. The fraction of sp³-hybridized carbons (Fsp3) is 0.500.